The molecule has 0 saturated heterocycles. The highest BCUT2D eigenvalue weighted by atomic mass is 32.2. The first-order valence-electron chi connectivity index (χ1n) is 9.01. The Bertz CT molecular complexity index is 1150. The van der Waals surface area contributed by atoms with Crippen LogP contribution >= 0.6 is 0 Å². The van der Waals surface area contributed by atoms with E-state index in [-0.39, 0.29) is 4.90 Å². The maximum atomic E-state index is 13.2. The number of ether oxygens (including phenoxy) is 2. The SMILES string of the molecule is Cn1c2c(c3ccccc31)CCN(S(=O)(=O)c1ccc3c(c1)OCCO3)C2. The Morgan fingerprint density at radius 1 is 1.00 bits per heavy atom. The average molecular weight is 384 g/mol. The van der Waals surface area contributed by atoms with Gasteiger partial charge in [-0.15, -0.1) is 0 Å². The number of nitrogens with zero attached hydrogens (tertiary/aromatic N) is 2. The fourth-order valence-corrected chi connectivity index (χ4v) is 5.44. The molecule has 0 bridgehead atoms. The maximum absolute atomic E-state index is 13.2. The van der Waals surface area contributed by atoms with Gasteiger partial charge in [0.05, 0.1) is 11.4 Å². The molecule has 1 aromatic heterocycles. The molecule has 2 aromatic carbocycles. The van der Waals surface area contributed by atoms with Crippen molar-refractivity contribution in [2.45, 2.75) is 17.9 Å². The van der Waals surface area contributed by atoms with Crippen molar-refractivity contribution in [3.63, 3.8) is 0 Å². The summed E-state index contributed by atoms with van der Waals surface area (Å²) >= 11 is 0. The first-order chi connectivity index (χ1) is 13.1. The molecule has 27 heavy (non-hydrogen) atoms. The molecule has 0 fully saturated rings. The van der Waals surface area contributed by atoms with Crippen LogP contribution in [0.5, 0.6) is 11.5 Å². The van der Waals surface area contributed by atoms with E-state index in [1.54, 1.807) is 22.5 Å². The summed E-state index contributed by atoms with van der Waals surface area (Å²) in [5, 5.41) is 1.21. The van der Waals surface area contributed by atoms with Crippen LogP contribution in [0.4, 0.5) is 0 Å². The topological polar surface area (TPSA) is 60.8 Å². The monoisotopic (exact) mass is 384 g/mol. The number of aryl methyl sites for hydroxylation is 1. The van der Waals surface area contributed by atoms with Gasteiger partial charge in [0.1, 0.15) is 13.2 Å². The maximum Gasteiger partial charge on any atom is 0.243 e. The summed E-state index contributed by atoms with van der Waals surface area (Å²) in [5.74, 6) is 1.08. The normalized spacial score (nSPS) is 17.1. The quantitative estimate of drug-likeness (QED) is 0.682. The van der Waals surface area contributed by atoms with Gasteiger partial charge in [-0.05, 0) is 30.2 Å². The Kier molecular flexibility index (Phi) is 3.70. The molecule has 5 rings (SSSR count). The summed E-state index contributed by atoms with van der Waals surface area (Å²) in [7, 11) is -1.61. The molecule has 7 heteroatoms. The van der Waals surface area contributed by atoms with E-state index in [1.165, 1.54) is 10.9 Å². The van der Waals surface area contributed by atoms with Gasteiger partial charge < -0.3 is 14.0 Å². The van der Waals surface area contributed by atoms with Crippen LogP contribution in [-0.4, -0.2) is 37.0 Å². The minimum absolute atomic E-state index is 0.244. The lowest BCUT2D eigenvalue weighted by atomic mass is 10.1. The molecule has 0 unspecified atom stereocenters. The number of hydrogen-bond acceptors (Lipinski definition) is 4. The van der Waals surface area contributed by atoms with E-state index in [2.05, 4.69) is 16.7 Å². The van der Waals surface area contributed by atoms with Crippen LogP contribution in [0, 0.1) is 0 Å². The lowest BCUT2D eigenvalue weighted by Crippen LogP contribution is -2.36. The predicted octanol–water partition coefficient (Wildman–Crippen LogP) is 2.70. The average Bonchev–Trinajstić information content (AvgIpc) is 3.00. The van der Waals surface area contributed by atoms with E-state index < -0.39 is 10.0 Å². The third-order valence-electron chi connectivity index (χ3n) is 5.43. The molecule has 2 aliphatic rings. The minimum atomic E-state index is -3.61. The van der Waals surface area contributed by atoms with Crippen molar-refractivity contribution in [2.75, 3.05) is 19.8 Å². The van der Waals surface area contributed by atoms with Crippen molar-refractivity contribution < 1.29 is 17.9 Å². The molecule has 0 saturated carbocycles. The van der Waals surface area contributed by atoms with Gasteiger partial charge in [0, 0.05) is 36.3 Å². The number of rotatable bonds is 2. The standard InChI is InChI=1S/C20H20N2O4S/c1-21-17-5-3-2-4-15(17)16-8-9-22(13-18(16)21)27(23,24)14-6-7-19-20(12-14)26-11-10-25-19/h2-7,12H,8-11,13H2,1H3. The van der Waals surface area contributed by atoms with Crippen molar-refractivity contribution in [1.82, 2.24) is 8.87 Å². The highest BCUT2D eigenvalue weighted by molar-refractivity contribution is 7.89. The smallest absolute Gasteiger partial charge is 0.243 e. The van der Waals surface area contributed by atoms with Crippen LogP contribution in [0.15, 0.2) is 47.4 Å². The Morgan fingerprint density at radius 2 is 1.78 bits per heavy atom. The minimum Gasteiger partial charge on any atom is -0.486 e. The molecular formula is C20H20N2O4S. The zero-order valence-electron chi connectivity index (χ0n) is 15.0. The van der Waals surface area contributed by atoms with Gasteiger partial charge in [0.25, 0.3) is 0 Å². The summed E-state index contributed by atoms with van der Waals surface area (Å²) in [6.07, 6.45) is 0.709. The molecular weight excluding hydrogens is 364 g/mol. The van der Waals surface area contributed by atoms with Gasteiger partial charge in [-0.2, -0.15) is 4.31 Å². The Balaban J connectivity index is 1.52. The molecule has 140 valence electrons. The van der Waals surface area contributed by atoms with Crippen molar-refractivity contribution in [2.24, 2.45) is 7.05 Å². The summed E-state index contributed by atoms with van der Waals surface area (Å²) in [6.45, 7) is 1.75. The molecule has 0 aliphatic carbocycles. The molecule has 0 atom stereocenters. The Hall–Kier alpha value is -2.51. The lowest BCUT2D eigenvalue weighted by molar-refractivity contribution is 0.171. The molecule has 0 N–H and O–H groups in total. The van der Waals surface area contributed by atoms with Gasteiger partial charge in [-0.25, -0.2) is 8.42 Å². The number of hydrogen-bond donors (Lipinski definition) is 0. The van der Waals surface area contributed by atoms with Gasteiger partial charge in [0.2, 0.25) is 10.0 Å². The molecule has 0 radical (unpaired) electrons. The summed E-state index contributed by atoms with van der Waals surface area (Å²) < 4.78 is 41.2. The zero-order valence-corrected chi connectivity index (χ0v) is 15.8. The van der Waals surface area contributed by atoms with E-state index in [0.29, 0.717) is 44.2 Å². The molecule has 3 aromatic rings. The largest absolute Gasteiger partial charge is 0.486 e. The fraction of sp³-hybridized carbons (Fsp3) is 0.300. The number of para-hydroxylation sites is 1. The van der Waals surface area contributed by atoms with E-state index in [9.17, 15) is 8.42 Å². The third kappa shape index (κ3) is 2.53. The number of aromatic nitrogens is 1. The summed E-state index contributed by atoms with van der Waals surface area (Å²) in [5.41, 5.74) is 3.45. The van der Waals surface area contributed by atoms with E-state index in [0.717, 1.165) is 11.2 Å². The molecule has 2 aliphatic heterocycles. The van der Waals surface area contributed by atoms with Crippen LogP contribution in [0.3, 0.4) is 0 Å². The summed E-state index contributed by atoms with van der Waals surface area (Å²) in [6, 6.07) is 13.1. The zero-order chi connectivity index (χ0) is 18.6. The molecule has 0 amide bonds. The van der Waals surface area contributed by atoms with E-state index >= 15 is 0 Å². The van der Waals surface area contributed by atoms with Crippen LogP contribution < -0.4 is 9.47 Å². The highest BCUT2D eigenvalue weighted by Crippen LogP contribution is 2.35. The van der Waals surface area contributed by atoms with Crippen LogP contribution in [-0.2, 0) is 30.0 Å². The van der Waals surface area contributed by atoms with E-state index in [4.69, 9.17) is 9.47 Å². The van der Waals surface area contributed by atoms with Gasteiger partial charge in [-0.3, -0.25) is 0 Å². The number of fused-ring (bicyclic) bond motifs is 4. The summed E-state index contributed by atoms with van der Waals surface area (Å²) in [4.78, 5) is 0.244. The number of benzene rings is 2. The Morgan fingerprint density at radius 3 is 2.63 bits per heavy atom. The molecule has 6 nitrogen and oxygen atoms in total. The van der Waals surface area contributed by atoms with Crippen molar-refractivity contribution in [3.8, 4) is 11.5 Å². The second kappa shape index (κ2) is 6.00. The van der Waals surface area contributed by atoms with E-state index in [1.807, 2.05) is 19.2 Å². The van der Waals surface area contributed by atoms with Crippen LogP contribution in [0.2, 0.25) is 0 Å². The number of sulfonamides is 1. The van der Waals surface area contributed by atoms with Crippen LogP contribution in [0.25, 0.3) is 10.9 Å². The predicted molar refractivity (Wildman–Crippen MR) is 102 cm³/mol. The fourth-order valence-electron chi connectivity index (χ4n) is 4.03. The second-order valence-electron chi connectivity index (χ2n) is 6.90. The van der Waals surface area contributed by atoms with Gasteiger partial charge >= 0.3 is 0 Å². The third-order valence-corrected chi connectivity index (χ3v) is 7.27. The molecule has 3 heterocycles. The van der Waals surface area contributed by atoms with Gasteiger partial charge in [0.15, 0.2) is 11.5 Å². The Labute approximate surface area is 158 Å². The lowest BCUT2D eigenvalue weighted by Gasteiger charge is -2.28. The van der Waals surface area contributed by atoms with Crippen LogP contribution in [0.1, 0.15) is 11.3 Å². The van der Waals surface area contributed by atoms with Gasteiger partial charge in [-0.1, -0.05) is 18.2 Å². The highest BCUT2D eigenvalue weighted by Gasteiger charge is 2.32. The van der Waals surface area contributed by atoms with Crippen molar-refractivity contribution >= 4 is 20.9 Å². The first-order valence-corrected chi connectivity index (χ1v) is 10.4. The second-order valence-corrected chi connectivity index (χ2v) is 8.83. The first kappa shape index (κ1) is 16.6. The molecule has 0 spiro atoms. The van der Waals surface area contributed by atoms with Crippen molar-refractivity contribution in [3.05, 3.63) is 53.7 Å². The van der Waals surface area contributed by atoms with Crippen molar-refractivity contribution in [1.29, 1.82) is 0 Å².